The molecule has 3 aromatic carbocycles. The van der Waals surface area contributed by atoms with Crippen molar-refractivity contribution in [2.24, 2.45) is 5.92 Å². The van der Waals surface area contributed by atoms with E-state index < -0.39 is 26.8 Å². The number of methoxy groups -OCH3 is 1. The molecule has 0 fully saturated rings. The molecule has 1 N–H and O–H groups in total. The first-order valence-corrected chi connectivity index (χ1v) is 13.1. The van der Waals surface area contributed by atoms with Crippen molar-refractivity contribution in [2.75, 3.05) is 19.0 Å². The molecule has 0 atom stereocenters. The minimum absolute atomic E-state index is 0.0593. The number of rotatable bonds is 9. The van der Waals surface area contributed by atoms with Crippen molar-refractivity contribution in [2.45, 2.75) is 38.4 Å². The van der Waals surface area contributed by atoms with Gasteiger partial charge >= 0.3 is 22.3 Å². The third-order valence-corrected chi connectivity index (χ3v) is 6.74. The maximum absolute atomic E-state index is 13.1. The molecular weight excluding hydrogens is 521 g/mol. The number of alkyl halides is 3. The summed E-state index contributed by atoms with van der Waals surface area (Å²) in [4.78, 5) is 14.0. The Morgan fingerprint density at radius 2 is 1.71 bits per heavy atom. The summed E-state index contributed by atoms with van der Waals surface area (Å²) in [5, 5.41) is 2.89. The van der Waals surface area contributed by atoms with Gasteiger partial charge in [0, 0.05) is 18.8 Å². The Hall–Kier alpha value is -3.73. The molecule has 0 unspecified atom stereocenters. The Kier molecular flexibility index (Phi) is 8.93. The number of ether oxygens (including phenoxy) is 1. The summed E-state index contributed by atoms with van der Waals surface area (Å²) in [5.74, 6) is -0.0248. The number of hydrogen-bond acceptors (Lipinski definition) is 5. The van der Waals surface area contributed by atoms with Crippen LogP contribution in [0.4, 0.5) is 23.7 Å². The van der Waals surface area contributed by atoms with E-state index in [9.17, 15) is 26.4 Å². The van der Waals surface area contributed by atoms with E-state index in [1.54, 1.807) is 17.0 Å². The fourth-order valence-electron chi connectivity index (χ4n) is 3.67. The lowest BCUT2D eigenvalue weighted by atomic mass is 10.1. The molecule has 0 aliphatic heterocycles. The number of hydrogen-bond donors (Lipinski definition) is 1. The standard InChI is InChI=1S/C27H29F3N2O5S/c1-18(2)16-32(26(33)31-23-11-6-5-8-19(23)3)17-20-12-13-24(36-4)25(14-20)37-38(34,35)22-10-7-9-21(15-22)27(28,29)30/h5-15,18H,16-17H2,1-4H3,(H,31,33). The highest BCUT2D eigenvalue weighted by Gasteiger charge is 2.32. The molecule has 11 heteroatoms. The lowest BCUT2D eigenvalue weighted by Gasteiger charge is -2.26. The van der Waals surface area contributed by atoms with Crippen molar-refractivity contribution < 1.29 is 35.3 Å². The fourth-order valence-corrected chi connectivity index (χ4v) is 4.65. The average Bonchev–Trinajstić information content (AvgIpc) is 2.84. The van der Waals surface area contributed by atoms with Crippen molar-refractivity contribution >= 4 is 21.8 Å². The van der Waals surface area contributed by atoms with Gasteiger partial charge in [-0.05, 0) is 60.4 Å². The molecular formula is C27H29F3N2O5S. The molecule has 204 valence electrons. The molecule has 0 saturated carbocycles. The zero-order valence-corrected chi connectivity index (χ0v) is 22.2. The lowest BCUT2D eigenvalue weighted by molar-refractivity contribution is -0.137. The second kappa shape index (κ2) is 11.8. The molecule has 0 radical (unpaired) electrons. The minimum atomic E-state index is -4.72. The van der Waals surface area contributed by atoms with Crippen LogP contribution in [0, 0.1) is 12.8 Å². The van der Waals surface area contributed by atoms with Crippen LogP contribution in [0.1, 0.15) is 30.5 Å². The second-order valence-corrected chi connectivity index (χ2v) is 10.6. The van der Waals surface area contributed by atoms with Gasteiger partial charge in [-0.1, -0.05) is 44.2 Å². The molecule has 3 aromatic rings. The molecule has 2 amide bonds. The summed E-state index contributed by atoms with van der Waals surface area (Å²) >= 11 is 0. The predicted molar refractivity (Wildman–Crippen MR) is 138 cm³/mol. The number of para-hydroxylation sites is 1. The van der Waals surface area contributed by atoms with Crippen molar-refractivity contribution in [1.29, 1.82) is 0 Å². The maximum Gasteiger partial charge on any atom is 0.416 e. The van der Waals surface area contributed by atoms with Gasteiger partial charge in [-0.15, -0.1) is 0 Å². The smallest absolute Gasteiger partial charge is 0.416 e. The predicted octanol–water partition coefficient (Wildman–Crippen LogP) is 6.48. The molecule has 0 aliphatic rings. The fraction of sp³-hybridized carbons (Fsp3) is 0.296. The van der Waals surface area contributed by atoms with Crippen LogP contribution in [0.25, 0.3) is 0 Å². The number of carbonyl (C=O) groups excluding carboxylic acids is 1. The van der Waals surface area contributed by atoms with Gasteiger partial charge in [0.1, 0.15) is 4.90 Å². The van der Waals surface area contributed by atoms with Crippen LogP contribution in [-0.4, -0.2) is 33.0 Å². The molecule has 0 spiro atoms. The van der Waals surface area contributed by atoms with Gasteiger partial charge in [0.05, 0.1) is 12.7 Å². The third-order valence-electron chi connectivity index (χ3n) is 5.51. The number of nitrogens with zero attached hydrogens (tertiary/aromatic N) is 1. The van der Waals surface area contributed by atoms with Gasteiger partial charge in [0.15, 0.2) is 11.5 Å². The van der Waals surface area contributed by atoms with E-state index in [-0.39, 0.29) is 30.0 Å². The molecule has 7 nitrogen and oxygen atoms in total. The first-order chi connectivity index (χ1) is 17.8. The number of nitrogens with one attached hydrogen (secondary N) is 1. The number of halogens is 3. The van der Waals surface area contributed by atoms with Gasteiger partial charge < -0.3 is 19.1 Å². The zero-order valence-electron chi connectivity index (χ0n) is 21.4. The highest BCUT2D eigenvalue weighted by molar-refractivity contribution is 7.87. The maximum atomic E-state index is 13.1. The van der Waals surface area contributed by atoms with Gasteiger partial charge in [-0.2, -0.15) is 21.6 Å². The highest BCUT2D eigenvalue weighted by Crippen LogP contribution is 2.34. The van der Waals surface area contributed by atoms with Crippen LogP contribution in [-0.2, 0) is 22.8 Å². The number of benzene rings is 3. The van der Waals surface area contributed by atoms with Crippen LogP contribution in [0.3, 0.4) is 0 Å². The van der Waals surface area contributed by atoms with Crippen LogP contribution < -0.4 is 14.2 Å². The molecule has 0 bridgehead atoms. The SMILES string of the molecule is COc1ccc(CN(CC(C)C)C(=O)Nc2ccccc2C)cc1OS(=O)(=O)c1cccc(C(F)(F)F)c1. The summed E-state index contributed by atoms with van der Waals surface area (Å²) in [7, 11) is -3.32. The summed E-state index contributed by atoms with van der Waals surface area (Å²) in [6.45, 7) is 6.30. The van der Waals surface area contributed by atoms with E-state index in [0.717, 1.165) is 23.8 Å². The second-order valence-electron chi connectivity index (χ2n) is 9.07. The summed E-state index contributed by atoms with van der Waals surface area (Å²) < 4.78 is 75.4. The van der Waals surface area contributed by atoms with E-state index in [4.69, 9.17) is 8.92 Å². The van der Waals surface area contributed by atoms with Gasteiger partial charge in [-0.25, -0.2) is 4.79 Å². The Bertz CT molecular complexity index is 1390. The molecule has 3 rings (SSSR count). The average molecular weight is 551 g/mol. The third kappa shape index (κ3) is 7.41. The first kappa shape index (κ1) is 28.8. The summed E-state index contributed by atoms with van der Waals surface area (Å²) in [6, 6.07) is 14.8. The molecule has 0 heterocycles. The number of aryl methyl sites for hydroxylation is 1. The zero-order chi connectivity index (χ0) is 28.1. The van der Waals surface area contributed by atoms with Gasteiger partial charge in [-0.3, -0.25) is 0 Å². The number of amides is 2. The van der Waals surface area contributed by atoms with Gasteiger partial charge in [0.2, 0.25) is 0 Å². The van der Waals surface area contributed by atoms with E-state index in [0.29, 0.717) is 23.9 Å². The number of carbonyl (C=O) groups is 1. The Labute approximate surface area is 220 Å². The van der Waals surface area contributed by atoms with Crippen LogP contribution in [0.2, 0.25) is 0 Å². The Balaban J connectivity index is 1.88. The molecule has 38 heavy (non-hydrogen) atoms. The van der Waals surface area contributed by atoms with Crippen molar-refractivity contribution in [3.8, 4) is 11.5 Å². The normalized spacial score (nSPS) is 11.8. The van der Waals surface area contributed by atoms with Crippen LogP contribution in [0.15, 0.2) is 71.6 Å². The van der Waals surface area contributed by atoms with E-state index in [2.05, 4.69) is 5.32 Å². The van der Waals surface area contributed by atoms with Crippen LogP contribution in [0.5, 0.6) is 11.5 Å². The Morgan fingerprint density at radius 1 is 1.00 bits per heavy atom. The van der Waals surface area contributed by atoms with E-state index in [1.165, 1.54) is 19.2 Å². The topological polar surface area (TPSA) is 84.9 Å². The summed E-state index contributed by atoms with van der Waals surface area (Å²) in [5.41, 5.74) is 0.968. The summed E-state index contributed by atoms with van der Waals surface area (Å²) in [6.07, 6.45) is -4.72. The van der Waals surface area contributed by atoms with Crippen molar-refractivity contribution in [1.82, 2.24) is 4.90 Å². The monoisotopic (exact) mass is 550 g/mol. The van der Waals surface area contributed by atoms with E-state index in [1.807, 2.05) is 39.0 Å². The van der Waals surface area contributed by atoms with Crippen LogP contribution >= 0.6 is 0 Å². The number of anilines is 1. The van der Waals surface area contributed by atoms with Gasteiger partial charge in [0.25, 0.3) is 0 Å². The lowest BCUT2D eigenvalue weighted by Crippen LogP contribution is -2.37. The van der Waals surface area contributed by atoms with Crippen molar-refractivity contribution in [3.63, 3.8) is 0 Å². The molecule has 0 saturated heterocycles. The number of urea groups is 1. The molecule has 0 aliphatic carbocycles. The van der Waals surface area contributed by atoms with E-state index >= 15 is 0 Å². The largest absolute Gasteiger partial charge is 0.493 e. The van der Waals surface area contributed by atoms with Crippen molar-refractivity contribution in [3.05, 3.63) is 83.4 Å². The Morgan fingerprint density at radius 3 is 2.34 bits per heavy atom. The quantitative estimate of drug-likeness (QED) is 0.308. The highest BCUT2D eigenvalue weighted by atomic mass is 32.2. The minimum Gasteiger partial charge on any atom is -0.493 e. The molecule has 0 aromatic heterocycles. The first-order valence-electron chi connectivity index (χ1n) is 11.7.